The average molecular weight is 272 g/mol. The Bertz CT molecular complexity index is 588. The lowest BCUT2D eigenvalue weighted by Gasteiger charge is -2.19. The van der Waals surface area contributed by atoms with Crippen LogP contribution in [-0.2, 0) is 6.42 Å². The Labute approximate surface area is 118 Å². The van der Waals surface area contributed by atoms with Crippen LogP contribution in [0.5, 0.6) is 0 Å². The summed E-state index contributed by atoms with van der Waals surface area (Å²) in [4.78, 5) is 5.77. The molecule has 1 heterocycles. The molecule has 3 rings (SSSR count). The highest BCUT2D eigenvalue weighted by atomic mass is 32.1. The number of nitrogens with zero attached hydrogens (tertiary/aromatic N) is 1. The number of rotatable bonds is 3. The summed E-state index contributed by atoms with van der Waals surface area (Å²) in [5, 5.41) is 4.93. The third-order valence-corrected chi connectivity index (χ3v) is 4.94. The zero-order valence-corrected chi connectivity index (χ0v) is 12.6. The van der Waals surface area contributed by atoms with Gasteiger partial charge in [-0.2, -0.15) is 0 Å². The fourth-order valence-electron chi connectivity index (χ4n) is 2.84. The van der Waals surface area contributed by atoms with E-state index in [0.717, 1.165) is 0 Å². The van der Waals surface area contributed by atoms with Crippen molar-refractivity contribution in [1.29, 1.82) is 0 Å². The molecule has 2 atom stereocenters. The molecule has 1 aliphatic rings. The van der Waals surface area contributed by atoms with Gasteiger partial charge in [-0.3, -0.25) is 0 Å². The van der Waals surface area contributed by atoms with Gasteiger partial charge in [0.25, 0.3) is 0 Å². The number of nitrogens with one attached hydrogen (secondary N) is 1. The zero-order valence-electron chi connectivity index (χ0n) is 11.7. The topological polar surface area (TPSA) is 24.9 Å². The van der Waals surface area contributed by atoms with Crippen LogP contribution in [0.2, 0.25) is 0 Å². The Morgan fingerprint density at radius 1 is 1.37 bits per heavy atom. The molecule has 0 bridgehead atoms. The molecule has 2 unspecified atom stereocenters. The van der Waals surface area contributed by atoms with Crippen molar-refractivity contribution >= 4 is 11.3 Å². The summed E-state index contributed by atoms with van der Waals surface area (Å²) in [7, 11) is 0. The van der Waals surface area contributed by atoms with Gasteiger partial charge in [0.1, 0.15) is 5.01 Å². The van der Waals surface area contributed by atoms with E-state index in [4.69, 9.17) is 0 Å². The van der Waals surface area contributed by atoms with Crippen molar-refractivity contribution in [3.63, 3.8) is 0 Å². The first kappa shape index (κ1) is 12.8. The van der Waals surface area contributed by atoms with Gasteiger partial charge in [-0.15, -0.1) is 11.3 Å². The van der Waals surface area contributed by atoms with Crippen LogP contribution in [0.25, 0.3) is 0 Å². The van der Waals surface area contributed by atoms with E-state index in [2.05, 4.69) is 49.3 Å². The highest BCUT2D eigenvalue weighted by Crippen LogP contribution is 2.34. The number of hydrogen-bond acceptors (Lipinski definition) is 3. The fourth-order valence-corrected chi connectivity index (χ4v) is 3.63. The van der Waals surface area contributed by atoms with Gasteiger partial charge in [0.2, 0.25) is 0 Å². The van der Waals surface area contributed by atoms with Crippen molar-refractivity contribution in [2.45, 2.75) is 45.7 Å². The predicted molar refractivity (Wildman–Crippen MR) is 80.6 cm³/mol. The Morgan fingerprint density at radius 2 is 2.21 bits per heavy atom. The third-order valence-electron chi connectivity index (χ3n) is 3.84. The minimum atomic E-state index is 0.329. The van der Waals surface area contributed by atoms with Crippen LogP contribution in [0, 0.1) is 13.8 Å². The number of fused-ring (bicyclic) bond motifs is 1. The molecule has 0 spiro atoms. The highest BCUT2D eigenvalue weighted by Gasteiger charge is 2.24. The first-order valence-corrected chi connectivity index (χ1v) is 7.73. The highest BCUT2D eigenvalue weighted by molar-refractivity contribution is 7.11. The van der Waals surface area contributed by atoms with Crippen LogP contribution in [0.1, 0.15) is 52.0 Å². The van der Waals surface area contributed by atoms with Crippen LogP contribution in [0.3, 0.4) is 0 Å². The van der Waals surface area contributed by atoms with E-state index < -0.39 is 0 Å². The molecule has 3 heteroatoms. The zero-order chi connectivity index (χ0) is 13.4. The van der Waals surface area contributed by atoms with Crippen molar-refractivity contribution in [1.82, 2.24) is 10.3 Å². The predicted octanol–water partition coefficient (Wildman–Crippen LogP) is 4.10. The van der Waals surface area contributed by atoms with E-state index in [1.807, 2.05) is 6.20 Å². The summed E-state index contributed by atoms with van der Waals surface area (Å²) < 4.78 is 0. The van der Waals surface area contributed by atoms with Crippen LogP contribution in [0.4, 0.5) is 0 Å². The molecule has 0 saturated heterocycles. The second-order valence-electron chi connectivity index (χ2n) is 5.49. The minimum Gasteiger partial charge on any atom is -0.301 e. The van der Waals surface area contributed by atoms with Gasteiger partial charge in [0.05, 0.1) is 6.04 Å². The summed E-state index contributed by atoms with van der Waals surface area (Å²) in [5.74, 6) is 0. The number of aryl methyl sites for hydroxylation is 3. The summed E-state index contributed by atoms with van der Waals surface area (Å²) in [6.07, 6.45) is 4.36. The maximum Gasteiger partial charge on any atom is 0.109 e. The molecular weight excluding hydrogens is 252 g/mol. The third kappa shape index (κ3) is 2.58. The van der Waals surface area contributed by atoms with E-state index in [-0.39, 0.29) is 0 Å². The number of aromatic nitrogens is 1. The van der Waals surface area contributed by atoms with Crippen LogP contribution in [-0.4, -0.2) is 4.98 Å². The molecule has 1 aromatic carbocycles. The molecule has 19 heavy (non-hydrogen) atoms. The van der Waals surface area contributed by atoms with Crippen molar-refractivity contribution in [2.24, 2.45) is 0 Å². The number of thiazole rings is 1. The first-order valence-electron chi connectivity index (χ1n) is 6.91. The quantitative estimate of drug-likeness (QED) is 0.910. The lowest BCUT2D eigenvalue weighted by Crippen LogP contribution is -2.22. The Balaban J connectivity index is 1.77. The van der Waals surface area contributed by atoms with Crippen molar-refractivity contribution < 1.29 is 0 Å². The number of benzene rings is 1. The molecule has 2 aromatic rings. The van der Waals surface area contributed by atoms with Crippen molar-refractivity contribution in [3.05, 3.63) is 51.0 Å². The Kier molecular flexibility index (Phi) is 3.42. The molecule has 0 amide bonds. The monoisotopic (exact) mass is 272 g/mol. The maximum absolute atomic E-state index is 4.49. The fraction of sp³-hybridized carbons (Fsp3) is 0.438. The van der Waals surface area contributed by atoms with Gasteiger partial charge in [0, 0.05) is 17.1 Å². The molecule has 0 saturated carbocycles. The molecule has 2 nitrogen and oxygen atoms in total. The smallest absolute Gasteiger partial charge is 0.109 e. The Hall–Kier alpha value is -1.19. The van der Waals surface area contributed by atoms with E-state index in [0.29, 0.717) is 12.1 Å². The summed E-state index contributed by atoms with van der Waals surface area (Å²) in [5.41, 5.74) is 4.34. The largest absolute Gasteiger partial charge is 0.301 e. The van der Waals surface area contributed by atoms with Gasteiger partial charge in [0.15, 0.2) is 0 Å². The van der Waals surface area contributed by atoms with Gasteiger partial charge in [-0.05, 0) is 44.7 Å². The van der Waals surface area contributed by atoms with Crippen LogP contribution >= 0.6 is 11.3 Å². The van der Waals surface area contributed by atoms with Gasteiger partial charge in [-0.25, -0.2) is 4.98 Å². The molecule has 0 aliphatic heterocycles. The van der Waals surface area contributed by atoms with Crippen LogP contribution < -0.4 is 5.32 Å². The molecule has 0 fully saturated rings. The van der Waals surface area contributed by atoms with E-state index in [9.17, 15) is 0 Å². The molecule has 1 N–H and O–H groups in total. The second kappa shape index (κ2) is 5.06. The lowest BCUT2D eigenvalue weighted by molar-refractivity contribution is 0.463. The Morgan fingerprint density at radius 3 is 2.95 bits per heavy atom. The summed E-state index contributed by atoms with van der Waals surface area (Å²) in [6, 6.07) is 7.64. The summed E-state index contributed by atoms with van der Waals surface area (Å²) in [6.45, 7) is 6.50. The van der Waals surface area contributed by atoms with Crippen LogP contribution in [0.15, 0.2) is 24.4 Å². The first-order chi connectivity index (χ1) is 9.13. The van der Waals surface area contributed by atoms with Gasteiger partial charge < -0.3 is 5.32 Å². The normalized spacial score (nSPS) is 19.4. The lowest BCUT2D eigenvalue weighted by atomic mass is 10.0. The van der Waals surface area contributed by atoms with Crippen molar-refractivity contribution in [3.8, 4) is 0 Å². The van der Waals surface area contributed by atoms with E-state index in [1.165, 1.54) is 39.4 Å². The SMILES string of the molecule is Cc1ccc2c(c1)C(NC(C)c1ncc(C)s1)CC2. The van der Waals surface area contributed by atoms with Gasteiger partial charge >= 0.3 is 0 Å². The average Bonchev–Trinajstić information content (AvgIpc) is 2.97. The van der Waals surface area contributed by atoms with E-state index in [1.54, 1.807) is 11.3 Å². The molecular formula is C16H20N2S. The molecule has 0 radical (unpaired) electrons. The molecule has 1 aromatic heterocycles. The molecule has 100 valence electrons. The van der Waals surface area contributed by atoms with Gasteiger partial charge in [-0.1, -0.05) is 23.8 Å². The maximum atomic E-state index is 4.49. The van der Waals surface area contributed by atoms with Crippen molar-refractivity contribution in [2.75, 3.05) is 0 Å². The summed E-state index contributed by atoms with van der Waals surface area (Å²) >= 11 is 1.79. The second-order valence-corrected chi connectivity index (χ2v) is 6.76. The molecule has 1 aliphatic carbocycles. The van der Waals surface area contributed by atoms with E-state index >= 15 is 0 Å². The minimum absolute atomic E-state index is 0.329. The number of hydrogen-bond donors (Lipinski definition) is 1. The standard InChI is InChI=1S/C16H20N2S/c1-10-4-5-13-6-7-15(14(13)8-10)18-12(3)16-17-9-11(2)19-16/h4-5,8-9,12,15,18H,6-7H2,1-3H3.